The van der Waals surface area contributed by atoms with Gasteiger partial charge in [-0.15, -0.1) is 0 Å². The van der Waals surface area contributed by atoms with Crippen molar-refractivity contribution in [1.29, 1.82) is 0 Å². The second-order valence-corrected chi connectivity index (χ2v) is 7.38. The summed E-state index contributed by atoms with van der Waals surface area (Å²) in [5, 5.41) is 0. The number of imidazole rings is 1. The Morgan fingerprint density at radius 2 is 1.76 bits per heavy atom. The zero-order valence-electron chi connectivity index (χ0n) is 15.8. The molecule has 0 N–H and O–H groups in total. The molecule has 1 fully saturated rings. The van der Waals surface area contributed by atoms with Crippen LogP contribution in [0.5, 0.6) is 0 Å². The van der Waals surface area contributed by atoms with Crippen molar-refractivity contribution < 1.29 is 17.6 Å². The normalized spacial score (nSPS) is 20.3. The molecule has 1 aliphatic carbocycles. The van der Waals surface area contributed by atoms with E-state index in [0.29, 0.717) is 23.7 Å². The average molecular weight is 408 g/mol. The van der Waals surface area contributed by atoms with Crippen molar-refractivity contribution in [2.24, 2.45) is 5.92 Å². The molecule has 0 unspecified atom stereocenters. The summed E-state index contributed by atoms with van der Waals surface area (Å²) in [6.07, 6.45) is -2.11. The minimum Gasteiger partial charge on any atom is -0.316 e. The first-order chi connectivity index (χ1) is 13.8. The monoisotopic (exact) mass is 408 g/mol. The van der Waals surface area contributed by atoms with Crippen molar-refractivity contribution in [3.8, 4) is 5.69 Å². The van der Waals surface area contributed by atoms with Crippen LogP contribution in [-0.4, -0.2) is 25.3 Å². The van der Waals surface area contributed by atoms with Gasteiger partial charge in [0.05, 0.1) is 12.2 Å². The molecular weight excluding hydrogens is 388 g/mol. The number of halogens is 4. The van der Waals surface area contributed by atoms with E-state index in [1.54, 1.807) is 21.3 Å². The number of hydrogen-bond donors (Lipinski definition) is 0. The van der Waals surface area contributed by atoms with E-state index in [2.05, 4.69) is 9.97 Å². The largest absolute Gasteiger partial charge is 0.391 e. The van der Waals surface area contributed by atoms with Crippen LogP contribution in [0.1, 0.15) is 44.3 Å². The van der Waals surface area contributed by atoms with Gasteiger partial charge in [0.2, 0.25) is 0 Å². The van der Waals surface area contributed by atoms with Gasteiger partial charge < -0.3 is 4.57 Å². The van der Waals surface area contributed by atoms with Gasteiger partial charge in [-0.3, -0.25) is 9.36 Å². The van der Waals surface area contributed by atoms with Crippen molar-refractivity contribution in [2.75, 3.05) is 0 Å². The Kier molecular flexibility index (Phi) is 4.92. The van der Waals surface area contributed by atoms with Crippen molar-refractivity contribution in [3.63, 3.8) is 0 Å². The number of rotatable bonds is 3. The molecule has 0 atom stereocenters. The van der Waals surface area contributed by atoms with Crippen molar-refractivity contribution in [3.05, 3.63) is 52.6 Å². The summed E-state index contributed by atoms with van der Waals surface area (Å²) in [6, 6.07) is 5.74. The lowest BCUT2D eigenvalue weighted by Gasteiger charge is -2.30. The van der Waals surface area contributed by atoms with Crippen LogP contribution in [0.2, 0.25) is 0 Å². The number of aromatic nitrogens is 4. The summed E-state index contributed by atoms with van der Waals surface area (Å²) < 4.78 is 56.2. The lowest BCUT2D eigenvalue weighted by atomic mass is 9.81. The molecule has 3 aromatic rings. The highest BCUT2D eigenvalue weighted by molar-refractivity contribution is 5.73. The Hall–Kier alpha value is -2.71. The van der Waals surface area contributed by atoms with Crippen LogP contribution in [0.3, 0.4) is 0 Å². The number of nitrogens with zero attached hydrogens (tertiary/aromatic N) is 4. The molecule has 5 nitrogen and oxygen atoms in total. The van der Waals surface area contributed by atoms with Gasteiger partial charge in [-0.1, -0.05) is 0 Å². The molecule has 0 spiro atoms. The topological polar surface area (TPSA) is 52.7 Å². The first-order valence-electron chi connectivity index (χ1n) is 9.60. The quantitative estimate of drug-likeness (QED) is 0.597. The van der Waals surface area contributed by atoms with E-state index < -0.39 is 23.5 Å². The van der Waals surface area contributed by atoms with Crippen LogP contribution in [0.15, 0.2) is 35.4 Å². The fourth-order valence-electron chi connectivity index (χ4n) is 4.11. The lowest BCUT2D eigenvalue weighted by Crippen LogP contribution is -2.29. The third kappa shape index (κ3) is 3.54. The van der Waals surface area contributed by atoms with E-state index in [1.165, 1.54) is 18.5 Å². The molecule has 0 amide bonds. The fraction of sp³-hybridized carbons (Fsp3) is 0.450. The van der Waals surface area contributed by atoms with Gasteiger partial charge in [-0.25, -0.2) is 9.37 Å². The second-order valence-electron chi connectivity index (χ2n) is 7.38. The van der Waals surface area contributed by atoms with Gasteiger partial charge >= 0.3 is 11.7 Å². The van der Waals surface area contributed by atoms with Gasteiger partial charge in [0.15, 0.2) is 11.2 Å². The SMILES string of the molecule is CCn1cnc2c(=O)nc([C@H]3CC[C@@H](C(F)(F)F)CC3)n(-c3ccc(F)cc3)c21. The van der Waals surface area contributed by atoms with Gasteiger partial charge in [0.1, 0.15) is 11.6 Å². The number of aryl methyl sites for hydroxylation is 1. The maximum atomic E-state index is 13.5. The Labute approximate surface area is 164 Å². The molecule has 0 aliphatic heterocycles. The first-order valence-corrected chi connectivity index (χ1v) is 9.60. The predicted molar refractivity (Wildman–Crippen MR) is 99.5 cm³/mol. The van der Waals surface area contributed by atoms with Crippen LogP contribution < -0.4 is 5.56 Å². The highest BCUT2D eigenvalue weighted by atomic mass is 19.4. The summed E-state index contributed by atoms with van der Waals surface area (Å²) >= 11 is 0. The van der Waals surface area contributed by atoms with Crippen molar-refractivity contribution >= 4 is 11.2 Å². The number of hydrogen-bond acceptors (Lipinski definition) is 3. The van der Waals surface area contributed by atoms with E-state index in [9.17, 15) is 22.4 Å². The van der Waals surface area contributed by atoms with Crippen LogP contribution in [0, 0.1) is 11.7 Å². The molecule has 1 aliphatic rings. The number of benzene rings is 1. The van der Waals surface area contributed by atoms with E-state index in [0.717, 1.165) is 0 Å². The van der Waals surface area contributed by atoms with Gasteiger partial charge in [-0.2, -0.15) is 18.2 Å². The molecule has 0 bridgehead atoms. The molecule has 154 valence electrons. The Morgan fingerprint density at radius 1 is 1.10 bits per heavy atom. The van der Waals surface area contributed by atoms with Crippen molar-refractivity contribution in [2.45, 2.75) is 51.2 Å². The molecule has 2 heterocycles. The molecule has 0 saturated heterocycles. The lowest BCUT2D eigenvalue weighted by molar-refractivity contribution is -0.182. The molecule has 2 aromatic heterocycles. The second kappa shape index (κ2) is 7.27. The molecule has 29 heavy (non-hydrogen) atoms. The summed E-state index contributed by atoms with van der Waals surface area (Å²) in [5.41, 5.74) is 0.793. The zero-order valence-corrected chi connectivity index (χ0v) is 15.8. The predicted octanol–water partition coefficient (Wildman–Crippen LogP) is 4.58. The molecular formula is C20H20F4N4O. The molecule has 4 rings (SSSR count). The summed E-state index contributed by atoms with van der Waals surface area (Å²) in [5.74, 6) is -1.62. The molecule has 9 heteroatoms. The average Bonchev–Trinajstić information content (AvgIpc) is 3.13. The summed E-state index contributed by atoms with van der Waals surface area (Å²) in [6.45, 7) is 2.44. The summed E-state index contributed by atoms with van der Waals surface area (Å²) in [4.78, 5) is 21.0. The third-order valence-corrected chi connectivity index (χ3v) is 5.65. The zero-order chi connectivity index (χ0) is 20.8. The first kappa shape index (κ1) is 19.6. The van der Waals surface area contributed by atoms with Crippen LogP contribution in [0.4, 0.5) is 17.6 Å². The molecule has 0 radical (unpaired) electrons. The third-order valence-electron chi connectivity index (χ3n) is 5.65. The smallest absolute Gasteiger partial charge is 0.316 e. The Balaban J connectivity index is 1.87. The van der Waals surface area contributed by atoms with Crippen LogP contribution in [0.25, 0.3) is 16.9 Å². The Morgan fingerprint density at radius 3 is 2.34 bits per heavy atom. The highest BCUT2D eigenvalue weighted by Crippen LogP contribution is 2.43. The highest BCUT2D eigenvalue weighted by Gasteiger charge is 2.42. The van der Waals surface area contributed by atoms with Gasteiger partial charge in [0.25, 0.3) is 0 Å². The van der Waals surface area contributed by atoms with Crippen LogP contribution in [-0.2, 0) is 6.54 Å². The minimum absolute atomic E-state index is 0.00146. The van der Waals surface area contributed by atoms with E-state index in [-0.39, 0.29) is 37.1 Å². The van der Waals surface area contributed by atoms with Gasteiger partial charge in [0, 0.05) is 18.2 Å². The standard InChI is InChI=1S/C20H20F4N4O/c1-2-27-11-25-16-18(29)26-17(12-3-5-13(6-4-12)20(22,23)24)28(19(16)27)15-9-7-14(21)8-10-15/h7-13H,2-6H2,1H3/t12-,13+. The summed E-state index contributed by atoms with van der Waals surface area (Å²) in [7, 11) is 0. The maximum absolute atomic E-state index is 13.5. The molecule has 1 aromatic carbocycles. The van der Waals surface area contributed by atoms with Gasteiger partial charge in [-0.05, 0) is 56.9 Å². The Bertz CT molecular complexity index is 1080. The van der Waals surface area contributed by atoms with Crippen molar-refractivity contribution in [1.82, 2.24) is 19.1 Å². The van der Waals surface area contributed by atoms with E-state index in [1.807, 2.05) is 6.92 Å². The fourth-order valence-corrected chi connectivity index (χ4v) is 4.11. The maximum Gasteiger partial charge on any atom is 0.391 e. The number of alkyl halides is 3. The number of fused-ring (bicyclic) bond motifs is 1. The van der Waals surface area contributed by atoms with E-state index in [4.69, 9.17) is 0 Å². The van der Waals surface area contributed by atoms with E-state index >= 15 is 0 Å². The minimum atomic E-state index is -4.21. The van der Waals surface area contributed by atoms with Crippen LogP contribution >= 0.6 is 0 Å². The molecule has 1 saturated carbocycles.